The SMILES string of the molecule is Cc1nnc(CC2(CC(=O)O)CCCC2)n1C(C)C. The minimum absolute atomic E-state index is 0.113. The van der Waals surface area contributed by atoms with Crippen LogP contribution >= 0.6 is 0 Å². The fourth-order valence-electron chi connectivity index (χ4n) is 3.40. The Morgan fingerprint density at radius 1 is 1.37 bits per heavy atom. The van der Waals surface area contributed by atoms with Crippen molar-refractivity contribution in [2.45, 2.75) is 65.3 Å². The van der Waals surface area contributed by atoms with E-state index in [1.165, 1.54) is 0 Å². The van der Waals surface area contributed by atoms with Crippen LogP contribution in [0.5, 0.6) is 0 Å². The molecule has 2 rings (SSSR count). The summed E-state index contributed by atoms with van der Waals surface area (Å²) in [6.45, 7) is 6.17. The molecule has 1 fully saturated rings. The van der Waals surface area contributed by atoms with Crippen LogP contribution in [0.4, 0.5) is 0 Å². The number of hydrogen-bond acceptors (Lipinski definition) is 3. The number of aryl methyl sites for hydroxylation is 1. The van der Waals surface area contributed by atoms with Gasteiger partial charge in [-0.05, 0) is 39.0 Å². The summed E-state index contributed by atoms with van der Waals surface area (Å²) in [5, 5.41) is 17.6. The summed E-state index contributed by atoms with van der Waals surface area (Å²) < 4.78 is 2.13. The predicted octanol–water partition coefficient (Wildman–Crippen LogP) is 2.75. The predicted molar refractivity (Wildman–Crippen MR) is 72.0 cm³/mol. The summed E-state index contributed by atoms with van der Waals surface area (Å²) in [5.74, 6) is 1.15. The van der Waals surface area contributed by atoms with Crippen LogP contribution in [-0.2, 0) is 11.2 Å². The number of hydrogen-bond donors (Lipinski definition) is 1. The van der Waals surface area contributed by atoms with Crippen LogP contribution in [-0.4, -0.2) is 25.8 Å². The third kappa shape index (κ3) is 2.96. The lowest BCUT2D eigenvalue weighted by Crippen LogP contribution is -2.26. The Morgan fingerprint density at radius 2 is 2.00 bits per heavy atom. The molecular formula is C14H23N3O2. The van der Waals surface area contributed by atoms with Crippen molar-refractivity contribution in [2.75, 3.05) is 0 Å². The molecule has 0 atom stereocenters. The molecule has 5 nitrogen and oxygen atoms in total. The van der Waals surface area contributed by atoms with Gasteiger partial charge in [-0.25, -0.2) is 0 Å². The topological polar surface area (TPSA) is 68.0 Å². The molecule has 1 heterocycles. The normalized spacial score (nSPS) is 18.1. The first-order chi connectivity index (χ1) is 8.93. The zero-order valence-corrected chi connectivity index (χ0v) is 12.0. The molecule has 1 aromatic rings. The third-order valence-corrected chi connectivity index (χ3v) is 4.18. The molecule has 1 aliphatic rings. The van der Waals surface area contributed by atoms with Gasteiger partial charge in [-0.3, -0.25) is 4.79 Å². The second-order valence-corrected chi connectivity index (χ2v) is 6.08. The molecule has 1 saturated carbocycles. The molecule has 0 amide bonds. The van der Waals surface area contributed by atoms with Crippen molar-refractivity contribution >= 4 is 5.97 Å². The van der Waals surface area contributed by atoms with E-state index in [2.05, 4.69) is 28.6 Å². The van der Waals surface area contributed by atoms with Gasteiger partial charge >= 0.3 is 5.97 Å². The van der Waals surface area contributed by atoms with Crippen molar-refractivity contribution < 1.29 is 9.90 Å². The first-order valence-electron chi connectivity index (χ1n) is 7.06. The maximum Gasteiger partial charge on any atom is 0.303 e. The van der Waals surface area contributed by atoms with E-state index in [0.717, 1.165) is 43.8 Å². The van der Waals surface area contributed by atoms with E-state index in [4.69, 9.17) is 5.11 Å². The Labute approximate surface area is 114 Å². The Bertz CT molecular complexity index is 459. The van der Waals surface area contributed by atoms with Gasteiger partial charge in [-0.1, -0.05) is 12.8 Å². The zero-order valence-electron chi connectivity index (χ0n) is 12.0. The van der Waals surface area contributed by atoms with Crippen molar-refractivity contribution in [2.24, 2.45) is 5.41 Å². The van der Waals surface area contributed by atoms with Gasteiger partial charge in [0.05, 0.1) is 6.42 Å². The van der Waals surface area contributed by atoms with E-state index in [1.54, 1.807) is 0 Å². The molecule has 0 aliphatic heterocycles. The Morgan fingerprint density at radius 3 is 2.53 bits per heavy atom. The monoisotopic (exact) mass is 265 g/mol. The summed E-state index contributed by atoms with van der Waals surface area (Å²) in [6.07, 6.45) is 5.21. The van der Waals surface area contributed by atoms with Crippen LogP contribution < -0.4 is 0 Å². The second-order valence-electron chi connectivity index (χ2n) is 6.08. The van der Waals surface area contributed by atoms with E-state index in [0.29, 0.717) is 6.04 Å². The lowest BCUT2D eigenvalue weighted by molar-refractivity contribution is -0.139. The molecule has 1 N–H and O–H groups in total. The van der Waals surface area contributed by atoms with Crippen molar-refractivity contribution in [1.29, 1.82) is 0 Å². The second kappa shape index (κ2) is 5.31. The lowest BCUT2D eigenvalue weighted by atomic mass is 9.79. The lowest BCUT2D eigenvalue weighted by Gasteiger charge is -2.27. The smallest absolute Gasteiger partial charge is 0.303 e. The average molecular weight is 265 g/mol. The molecule has 0 aromatic carbocycles. The van der Waals surface area contributed by atoms with E-state index >= 15 is 0 Å². The van der Waals surface area contributed by atoms with Gasteiger partial charge in [-0.15, -0.1) is 10.2 Å². The maximum absolute atomic E-state index is 11.1. The Kier molecular flexibility index (Phi) is 3.92. The molecular weight excluding hydrogens is 242 g/mol. The number of nitrogens with zero attached hydrogens (tertiary/aromatic N) is 3. The largest absolute Gasteiger partial charge is 0.481 e. The van der Waals surface area contributed by atoms with Gasteiger partial charge < -0.3 is 9.67 Å². The van der Waals surface area contributed by atoms with Gasteiger partial charge in [-0.2, -0.15) is 0 Å². The molecule has 0 saturated heterocycles. The van der Waals surface area contributed by atoms with Crippen LogP contribution in [0.3, 0.4) is 0 Å². The average Bonchev–Trinajstić information content (AvgIpc) is 2.86. The molecule has 0 bridgehead atoms. The van der Waals surface area contributed by atoms with Crippen molar-refractivity contribution in [3.63, 3.8) is 0 Å². The minimum atomic E-state index is -0.700. The van der Waals surface area contributed by atoms with Gasteiger partial charge in [0, 0.05) is 12.5 Å². The maximum atomic E-state index is 11.1. The molecule has 1 aromatic heterocycles. The minimum Gasteiger partial charge on any atom is -0.481 e. The first-order valence-corrected chi connectivity index (χ1v) is 7.06. The van der Waals surface area contributed by atoms with E-state index in [-0.39, 0.29) is 11.8 Å². The standard InChI is InChI=1S/C14H23N3O2/c1-10(2)17-11(3)15-16-12(17)8-14(9-13(18)19)6-4-5-7-14/h10H,4-9H2,1-3H3,(H,18,19). The number of carboxylic acid groups (broad SMARTS) is 1. The molecule has 106 valence electrons. The van der Waals surface area contributed by atoms with Crippen LogP contribution in [0.2, 0.25) is 0 Å². The quantitative estimate of drug-likeness (QED) is 0.888. The molecule has 0 spiro atoms. The fraction of sp³-hybridized carbons (Fsp3) is 0.786. The van der Waals surface area contributed by atoms with E-state index in [1.807, 2.05) is 6.92 Å². The fourth-order valence-corrected chi connectivity index (χ4v) is 3.40. The highest BCUT2D eigenvalue weighted by Gasteiger charge is 2.37. The van der Waals surface area contributed by atoms with Gasteiger partial charge in [0.2, 0.25) is 0 Å². The highest BCUT2D eigenvalue weighted by Crippen LogP contribution is 2.43. The number of rotatable bonds is 5. The number of carboxylic acids is 1. The van der Waals surface area contributed by atoms with Crippen molar-refractivity contribution in [3.8, 4) is 0 Å². The van der Waals surface area contributed by atoms with Crippen molar-refractivity contribution in [1.82, 2.24) is 14.8 Å². The third-order valence-electron chi connectivity index (χ3n) is 4.18. The van der Waals surface area contributed by atoms with Crippen LogP contribution in [0.1, 0.15) is 63.6 Å². The van der Waals surface area contributed by atoms with Gasteiger partial charge in [0.1, 0.15) is 11.6 Å². The van der Waals surface area contributed by atoms with E-state index in [9.17, 15) is 4.79 Å². The zero-order chi connectivity index (χ0) is 14.0. The summed E-state index contributed by atoms with van der Waals surface area (Å²) in [4.78, 5) is 11.1. The number of carbonyl (C=O) groups is 1. The van der Waals surface area contributed by atoms with Gasteiger partial charge in [0.15, 0.2) is 0 Å². The highest BCUT2D eigenvalue weighted by molar-refractivity contribution is 5.67. The summed E-state index contributed by atoms with van der Waals surface area (Å²) in [6, 6.07) is 0.313. The molecule has 19 heavy (non-hydrogen) atoms. The first kappa shape index (κ1) is 14.0. The summed E-state index contributed by atoms with van der Waals surface area (Å²) in [5.41, 5.74) is -0.113. The van der Waals surface area contributed by atoms with Gasteiger partial charge in [0.25, 0.3) is 0 Å². The summed E-state index contributed by atoms with van der Waals surface area (Å²) >= 11 is 0. The summed E-state index contributed by atoms with van der Waals surface area (Å²) in [7, 11) is 0. The molecule has 0 radical (unpaired) electrons. The van der Waals surface area contributed by atoms with E-state index < -0.39 is 5.97 Å². The highest BCUT2D eigenvalue weighted by atomic mass is 16.4. The molecule has 0 unspecified atom stereocenters. The van der Waals surface area contributed by atoms with Crippen LogP contribution in [0.15, 0.2) is 0 Å². The number of aromatic nitrogens is 3. The Hall–Kier alpha value is -1.39. The Balaban J connectivity index is 2.25. The van der Waals surface area contributed by atoms with Crippen LogP contribution in [0.25, 0.3) is 0 Å². The molecule has 1 aliphatic carbocycles. The molecule has 5 heteroatoms. The van der Waals surface area contributed by atoms with Crippen LogP contribution in [0, 0.1) is 12.3 Å². The number of aliphatic carboxylic acids is 1. The van der Waals surface area contributed by atoms with Crippen molar-refractivity contribution in [3.05, 3.63) is 11.6 Å².